The molecule has 1 aromatic heterocycles. The second-order valence-corrected chi connectivity index (χ2v) is 7.17. The Morgan fingerprint density at radius 1 is 1.35 bits per heavy atom. The summed E-state index contributed by atoms with van der Waals surface area (Å²) in [5.74, 6) is 0.714. The molecule has 17 heavy (non-hydrogen) atoms. The van der Waals surface area contributed by atoms with Gasteiger partial charge in [-0.1, -0.05) is 34.6 Å². The lowest BCUT2D eigenvalue weighted by molar-refractivity contribution is 0.224. The molecule has 0 aliphatic carbocycles. The Kier molecular flexibility index (Phi) is 5.21. The smallest absolute Gasteiger partial charge is 0.0333 e. The largest absolute Gasteiger partial charge is 0.310 e. The summed E-state index contributed by atoms with van der Waals surface area (Å²) in [7, 11) is 0. The highest BCUT2D eigenvalue weighted by Crippen LogP contribution is 2.35. The molecule has 0 amide bonds. The lowest BCUT2D eigenvalue weighted by Gasteiger charge is -2.31. The lowest BCUT2D eigenvalue weighted by Crippen LogP contribution is -2.27. The van der Waals surface area contributed by atoms with E-state index in [0.717, 1.165) is 6.54 Å². The Morgan fingerprint density at radius 3 is 2.41 bits per heavy atom. The summed E-state index contributed by atoms with van der Waals surface area (Å²) in [5.41, 5.74) is 1.88. The first kappa shape index (κ1) is 14.7. The number of aryl methyl sites for hydroxylation is 1. The van der Waals surface area contributed by atoms with Gasteiger partial charge >= 0.3 is 0 Å². The number of nitrogens with one attached hydrogen (secondary N) is 1. The first-order valence-corrected chi connectivity index (χ1v) is 7.51. The van der Waals surface area contributed by atoms with Crippen LogP contribution in [0.4, 0.5) is 0 Å². The van der Waals surface area contributed by atoms with Gasteiger partial charge in [0.25, 0.3) is 0 Å². The van der Waals surface area contributed by atoms with Crippen LogP contribution in [0, 0.1) is 18.3 Å². The topological polar surface area (TPSA) is 12.0 Å². The third kappa shape index (κ3) is 4.11. The monoisotopic (exact) mass is 253 g/mol. The van der Waals surface area contributed by atoms with Crippen LogP contribution in [0.3, 0.4) is 0 Å². The Hall–Kier alpha value is -0.340. The Labute approximate surface area is 111 Å². The fourth-order valence-corrected chi connectivity index (χ4v) is 2.80. The fourth-order valence-electron chi connectivity index (χ4n) is 2.03. The molecular weight excluding hydrogens is 226 g/mol. The van der Waals surface area contributed by atoms with Gasteiger partial charge < -0.3 is 5.32 Å². The lowest BCUT2D eigenvalue weighted by atomic mass is 9.77. The molecule has 1 rings (SSSR count). The second-order valence-electron chi connectivity index (χ2n) is 6.05. The molecule has 0 aliphatic rings. The molecule has 98 valence electrons. The fraction of sp³-hybridized carbons (Fsp3) is 0.733. The summed E-state index contributed by atoms with van der Waals surface area (Å²) >= 11 is 1.85. The van der Waals surface area contributed by atoms with Crippen LogP contribution < -0.4 is 5.32 Å². The van der Waals surface area contributed by atoms with Crippen molar-refractivity contribution >= 4 is 11.3 Å². The first-order valence-electron chi connectivity index (χ1n) is 6.63. The highest BCUT2D eigenvalue weighted by molar-refractivity contribution is 7.10. The molecule has 0 bridgehead atoms. The summed E-state index contributed by atoms with van der Waals surface area (Å²) in [6.45, 7) is 14.8. The van der Waals surface area contributed by atoms with E-state index in [0.29, 0.717) is 17.4 Å². The average molecular weight is 253 g/mol. The predicted octanol–water partition coefficient (Wildman–Crippen LogP) is 4.78. The van der Waals surface area contributed by atoms with Crippen molar-refractivity contribution in [2.24, 2.45) is 11.3 Å². The molecule has 0 spiro atoms. The molecule has 1 heterocycles. The van der Waals surface area contributed by atoms with Gasteiger partial charge in [-0.2, -0.15) is 0 Å². The Balaban J connectivity index is 2.78. The zero-order valence-electron chi connectivity index (χ0n) is 12.1. The van der Waals surface area contributed by atoms with Crippen LogP contribution >= 0.6 is 11.3 Å². The van der Waals surface area contributed by atoms with Crippen LogP contribution in [-0.4, -0.2) is 6.54 Å². The van der Waals surface area contributed by atoms with Gasteiger partial charge in [-0.05, 0) is 48.2 Å². The van der Waals surface area contributed by atoms with Gasteiger partial charge in [-0.25, -0.2) is 0 Å². The van der Waals surface area contributed by atoms with Crippen molar-refractivity contribution in [2.75, 3.05) is 6.54 Å². The van der Waals surface area contributed by atoms with Crippen molar-refractivity contribution in [1.29, 1.82) is 0 Å². The predicted molar refractivity (Wildman–Crippen MR) is 78.7 cm³/mol. The molecule has 2 atom stereocenters. The summed E-state index contributed by atoms with van der Waals surface area (Å²) in [6, 6.07) is 2.79. The number of hydrogen-bond donors (Lipinski definition) is 1. The molecular formula is C15H27NS. The van der Waals surface area contributed by atoms with Gasteiger partial charge in [0.15, 0.2) is 0 Å². The van der Waals surface area contributed by atoms with Gasteiger partial charge in [-0.15, -0.1) is 11.3 Å². The van der Waals surface area contributed by atoms with Crippen molar-refractivity contribution < 1.29 is 0 Å². The van der Waals surface area contributed by atoms with Gasteiger partial charge in [0.2, 0.25) is 0 Å². The van der Waals surface area contributed by atoms with E-state index in [1.165, 1.54) is 16.9 Å². The molecule has 0 aromatic carbocycles. The van der Waals surface area contributed by atoms with E-state index in [2.05, 4.69) is 58.3 Å². The van der Waals surface area contributed by atoms with Crippen LogP contribution in [0.2, 0.25) is 0 Å². The van der Waals surface area contributed by atoms with Crippen LogP contribution in [0.5, 0.6) is 0 Å². The van der Waals surface area contributed by atoms with Crippen LogP contribution in [0.1, 0.15) is 57.5 Å². The highest BCUT2D eigenvalue weighted by Gasteiger charge is 2.24. The average Bonchev–Trinajstić information content (AvgIpc) is 2.62. The van der Waals surface area contributed by atoms with Crippen LogP contribution in [0.25, 0.3) is 0 Å². The van der Waals surface area contributed by atoms with E-state index in [-0.39, 0.29) is 0 Å². The normalized spacial score (nSPS) is 15.9. The standard InChI is InChI=1S/C15H27NS/c1-7-16-14(10-11(2)15(4,5)6)13-8-9-17-12(13)3/h8-9,11,14,16H,7,10H2,1-6H3. The molecule has 1 nitrogen and oxygen atoms in total. The van der Waals surface area contributed by atoms with Crippen LogP contribution in [0.15, 0.2) is 11.4 Å². The number of rotatable bonds is 5. The Bertz CT molecular complexity index is 335. The van der Waals surface area contributed by atoms with Crippen molar-refractivity contribution in [3.63, 3.8) is 0 Å². The molecule has 2 heteroatoms. The van der Waals surface area contributed by atoms with Crippen molar-refractivity contribution in [3.8, 4) is 0 Å². The molecule has 0 saturated heterocycles. The van der Waals surface area contributed by atoms with Crippen LogP contribution in [-0.2, 0) is 0 Å². The van der Waals surface area contributed by atoms with E-state index < -0.39 is 0 Å². The molecule has 0 saturated carbocycles. The summed E-state index contributed by atoms with van der Waals surface area (Å²) in [5, 5.41) is 5.84. The summed E-state index contributed by atoms with van der Waals surface area (Å²) < 4.78 is 0. The number of thiophene rings is 1. The third-order valence-electron chi connectivity index (χ3n) is 3.79. The third-order valence-corrected chi connectivity index (χ3v) is 4.65. The minimum atomic E-state index is 0.387. The summed E-state index contributed by atoms with van der Waals surface area (Å²) in [4.78, 5) is 1.46. The minimum absolute atomic E-state index is 0.387. The van der Waals surface area contributed by atoms with E-state index in [4.69, 9.17) is 0 Å². The zero-order chi connectivity index (χ0) is 13.1. The number of hydrogen-bond acceptors (Lipinski definition) is 2. The maximum Gasteiger partial charge on any atom is 0.0333 e. The molecule has 0 radical (unpaired) electrons. The van der Waals surface area contributed by atoms with Crippen molar-refractivity contribution in [1.82, 2.24) is 5.32 Å². The first-order chi connectivity index (χ1) is 7.86. The Morgan fingerprint density at radius 2 is 2.00 bits per heavy atom. The van der Waals surface area contributed by atoms with Crippen molar-refractivity contribution in [3.05, 3.63) is 21.9 Å². The van der Waals surface area contributed by atoms with Gasteiger partial charge in [0.1, 0.15) is 0 Å². The SMILES string of the molecule is CCNC(CC(C)C(C)(C)C)c1ccsc1C. The van der Waals surface area contributed by atoms with E-state index in [9.17, 15) is 0 Å². The van der Waals surface area contributed by atoms with Gasteiger partial charge in [0.05, 0.1) is 0 Å². The molecule has 1 aromatic rings. The van der Waals surface area contributed by atoms with Crippen molar-refractivity contribution in [2.45, 2.75) is 54.0 Å². The molecule has 1 N–H and O–H groups in total. The van der Waals surface area contributed by atoms with E-state index >= 15 is 0 Å². The molecule has 0 aliphatic heterocycles. The second kappa shape index (κ2) is 6.01. The van der Waals surface area contributed by atoms with Gasteiger partial charge in [-0.3, -0.25) is 0 Å². The quantitative estimate of drug-likeness (QED) is 0.796. The molecule has 0 fully saturated rings. The highest BCUT2D eigenvalue weighted by atomic mass is 32.1. The maximum absolute atomic E-state index is 3.64. The van der Waals surface area contributed by atoms with E-state index in [1.54, 1.807) is 0 Å². The zero-order valence-corrected chi connectivity index (χ0v) is 12.9. The summed E-state index contributed by atoms with van der Waals surface area (Å²) in [6.07, 6.45) is 1.22. The van der Waals surface area contributed by atoms with Gasteiger partial charge in [0, 0.05) is 10.9 Å². The molecule has 2 unspecified atom stereocenters. The minimum Gasteiger partial charge on any atom is -0.310 e. The van der Waals surface area contributed by atoms with E-state index in [1.807, 2.05) is 11.3 Å². The maximum atomic E-state index is 3.64.